The summed E-state index contributed by atoms with van der Waals surface area (Å²) in [6.45, 7) is 4.82. The van der Waals surface area contributed by atoms with Gasteiger partial charge in [0.05, 0.1) is 31.5 Å². The van der Waals surface area contributed by atoms with Crippen LogP contribution in [0.1, 0.15) is 12.5 Å². The summed E-state index contributed by atoms with van der Waals surface area (Å²) in [6.07, 6.45) is 2.77. The molecule has 0 amide bonds. The highest BCUT2D eigenvalue weighted by Gasteiger charge is 1.98. The van der Waals surface area contributed by atoms with Gasteiger partial charge in [0.15, 0.2) is 0 Å². The van der Waals surface area contributed by atoms with Crippen LogP contribution in [0, 0.1) is 0 Å². The van der Waals surface area contributed by atoms with Crippen LogP contribution < -0.4 is 0 Å². The maximum Gasteiger partial charge on any atom is 0.0700 e. The number of rotatable bonds is 7. The van der Waals surface area contributed by atoms with E-state index in [1.807, 2.05) is 13.1 Å². The van der Waals surface area contributed by atoms with E-state index >= 15 is 0 Å². The number of aromatic nitrogens is 2. The smallest absolute Gasteiger partial charge is 0.0700 e. The van der Waals surface area contributed by atoms with Gasteiger partial charge in [0.2, 0.25) is 0 Å². The summed E-state index contributed by atoms with van der Waals surface area (Å²) >= 11 is 0. The Morgan fingerprint density at radius 2 is 2.06 bits per heavy atom. The van der Waals surface area contributed by atoms with Crippen molar-refractivity contribution in [3.8, 4) is 0 Å². The van der Waals surface area contributed by atoms with Crippen molar-refractivity contribution >= 4 is 10.9 Å². The fourth-order valence-corrected chi connectivity index (χ4v) is 1.70. The number of nitrogens with zero attached hydrogens (tertiary/aromatic N) is 1. The van der Waals surface area contributed by atoms with Crippen LogP contribution in [0.3, 0.4) is 0 Å². The first-order valence-electron chi connectivity index (χ1n) is 5.97. The van der Waals surface area contributed by atoms with Gasteiger partial charge in [-0.05, 0) is 31.0 Å². The van der Waals surface area contributed by atoms with Crippen LogP contribution in [0.4, 0.5) is 0 Å². The minimum atomic E-state index is 0.668. The average molecular weight is 234 g/mol. The molecule has 92 valence electrons. The fourth-order valence-electron chi connectivity index (χ4n) is 1.70. The van der Waals surface area contributed by atoms with Crippen LogP contribution >= 0.6 is 0 Å². The van der Waals surface area contributed by atoms with Gasteiger partial charge < -0.3 is 9.47 Å². The van der Waals surface area contributed by atoms with Gasteiger partial charge in [-0.1, -0.05) is 6.07 Å². The summed E-state index contributed by atoms with van der Waals surface area (Å²) in [4.78, 5) is 0. The van der Waals surface area contributed by atoms with E-state index in [1.165, 1.54) is 5.56 Å². The van der Waals surface area contributed by atoms with E-state index in [2.05, 4.69) is 28.4 Å². The molecule has 0 unspecified atom stereocenters. The van der Waals surface area contributed by atoms with Gasteiger partial charge in [-0.15, -0.1) is 0 Å². The highest BCUT2D eigenvalue weighted by Crippen LogP contribution is 2.13. The Labute approximate surface area is 101 Å². The fraction of sp³-hybridized carbons (Fsp3) is 0.462. The molecule has 0 aliphatic carbocycles. The third-order valence-corrected chi connectivity index (χ3v) is 2.62. The van der Waals surface area contributed by atoms with Crippen LogP contribution in [-0.4, -0.2) is 36.6 Å². The highest BCUT2D eigenvalue weighted by molar-refractivity contribution is 5.78. The second-order valence-electron chi connectivity index (χ2n) is 3.85. The molecule has 4 heteroatoms. The van der Waals surface area contributed by atoms with Gasteiger partial charge in [-0.2, -0.15) is 5.10 Å². The van der Waals surface area contributed by atoms with Gasteiger partial charge >= 0.3 is 0 Å². The zero-order valence-corrected chi connectivity index (χ0v) is 10.1. The zero-order valence-electron chi connectivity index (χ0n) is 10.1. The second kappa shape index (κ2) is 6.37. The van der Waals surface area contributed by atoms with Crippen molar-refractivity contribution in [1.82, 2.24) is 10.2 Å². The summed E-state index contributed by atoms with van der Waals surface area (Å²) in [6, 6.07) is 6.30. The van der Waals surface area contributed by atoms with Crippen molar-refractivity contribution in [2.45, 2.75) is 13.3 Å². The van der Waals surface area contributed by atoms with Crippen molar-refractivity contribution in [2.24, 2.45) is 0 Å². The van der Waals surface area contributed by atoms with E-state index in [9.17, 15) is 0 Å². The highest BCUT2D eigenvalue weighted by atomic mass is 16.5. The van der Waals surface area contributed by atoms with Gasteiger partial charge in [0.1, 0.15) is 0 Å². The molecule has 0 aliphatic rings. The molecule has 17 heavy (non-hydrogen) atoms. The van der Waals surface area contributed by atoms with Gasteiger partial charge in [-0.3, -0.25) is 5.10 Å². The normalized spacial score (nSPS) is 11.1. The van der Waals surface area contributed by atoms with Crippen LogP contribution in [0.2, 0.25) is 0 Å². The summed E-state index contributed by atoms with van der Waals surface area (Å²) in [5.41, 5.74) is 2.35. The van der Waals surface area contributed by atoms with Crippen LogP contribution in [-0.2, 0) is 15.9 Å². The molecule has 1 heterocycles. The number of nitrogens with one attached hydrogen (secondary N) is 1. The first-order chi connectivity index (χ1) is 8.40. The number of fused-ring (bicyclic) bond motifs is 1. The monoisotopic (exact) mass is 234 g/mol. The lowest BCUT2D eigenvalue weighted by atomic mass is 10.1. The molecule has 4 nitrogen and oxygen atoms in total. The number of benzene rings is 1. The Morgan fingerprint density at radius 1 is 1.18 bits per heavy atom. The largest absolute Gasteiger partial charge is 0.379 e. The minimum Gasteiger partial charge on any atom is -0.379 e. The molecule has 0 saturated carbocycles. The van der Waals surface area contributed by atoms with E-state index < -0.39 is 0 Å². The summed E-state index contributed by atoms with van der Waals surface area (Å²) in [5, 5.41) is 8.09. The minimum absolute atomic E-state index is 0.668. The quantitative estimate of drug-likeness (QED) is 0.747. The summed E-state index contributed by atoms with van der Waals surface area (Å²) in [5.74, 6) is 0. The average Bonchev–Trinajstić information content (AvgIpc) is 2.81. The van der Waals surface area contributed by atoms with Crippen molar-refractivity contribution < 1.29 is 9.47 Å². The van der Waals surface area contributed by atoms with Crippen molar-refractivity contribution in [1.29, 1.82) is 0 Å². The zero-order chi connectivity index (χ0) is 11.9. The maximum atomic E-state index is 5.48. The topological polar surface area (TPSA) is 47.1 Å². The number of aromatic amines is 1. The molecule has 0 atom stereocenters. The standard InChI is InChI=1S/C13H18N2O2/c1-2-16-7-8-17-6-5-11-3-4-13-12(9-11)10-14-15-13/h3-4,9-10H,2,5-8H2,1H3,(H,14,15). The maximum absolute atomic E-state index is 5.48. The molecular formula is C13H18N2O2. The van der Waals surface area contributed by atoms with E-state index in [4.69, 9.17) is 9.47 Å². The van der Waals surface area contributed by atoms with E-state index in [1.54, 1.807) is 0 Å². The Hall–Kier alpha value is -1.39. The van der Waals surface area contributed by atoms with E-state index in [0.29, 0.717) is 13.2 Å². The molecule has 0 spiro atoms. The number of hydrogen-bond donors (Lipinski definition) is 1. The van der Waals surface area contributed by atoms with Crippen molar-refractivity contribution in [3.63, 3.8) is 0 Å². The molecular weight excluding hydrogens is 216 g/mol. The van der Waals surface area contributed by atoms with E-state index in [-0.39, 0.29) is 0 Å². The molecule has 0 bridgehead atoms. The first-order valence-corrected chi connectivity index (χ1v) is 5.97. The second-order valence-corrected chi connectivity index (χ2v) is 3.85. The lowest BCUT2D eigenvalue weighted by molar-refractivity contribution is 0.0541. The Balaban J connectivity index is 1.75. The summed E-state index contributed by atoms with van der Waals surface area (Å²) < 4.78 is 10.7. The number of ether oxygens (including phenoxy) is 2. The molecule has 2 rings (SSSR count). The third kappa shape index (κ3) is 3.54. The Morgan fingerprint density at radius 3 is 2.94 bits per heavy atom. The predicted molar refractivity (Wildman–Crippen MR) is 67.1 cm³/mol. The molecule has 0 aliphatic heterocycles. The third-order valence-electron chi connectivity index (χ3n) is 2.62. The Kier molecular flexibility index (Phi) is 4.53. The molecule has 1 N–H and O–H groups in total. The predicted octanol–water partition coefficient (Wildman–Crippen LogP) is 2.16. The molecule has 0 fully saturated rings. The molecule has 0 radical (unpaired) electrons. The first kappa shape index (κ1) is 12.1. The Bertz CT molecular complexity index is 453. The SMILES string of the molecule is CCOCCOCCc1ccc2[nH]ncc2c1. The molecule has 0 saturated heterocycles. The molecule has 1 aromatic carbocycles. The molecule has 2 aromatic rings. The lowest BCUT2D eigenvalue weighted by Gasteiger charge is -2.04. The van der Waals surface area contributed by atoms with Gasteiger partial charge in [-0.25, -0.2) is 0 Å². The molecule has 1 aromatic heterocycles. The lowest BCUT2D eigenvalue weighted by Crippen LogP contribution is -2.06. The van der Waals surface area contributed by atoms with Crippen LogP contribution in [0.5, 0.6) is 0 Å². The summed E-state index contributed by atoms with van der Waals surface area (Å²) in [7, 11) is 0. The van der Waals surface area contributed by atoms with Gasteiger partial charge in [0.25, 0.3) is 0 Å². The van der Waals surface area contributed by atoms with Gasteiger partial charge in [0, 0.05) is 12.0 Å². The number of hydrogen-bond acceptors (Lipinski definition) is 3. The number of H-pyrrole nitrogens is 1. The van der Waals surface area contributed by atoms with E-state index in [0.717, 1.165) is 30.5 Å². The van der Waals surface area contributed by atoms with Crippen LogP contribution in [0.15, 0.2) is 24.4 Å². The van der Waals surface area contributed by atoms with Crippen molar-refractivity contribution in [3.05, 3.63) is 30.0 Å². The van der Waals surface area contributed by atoms with Crippen LogP contribution in [0.25, 0.3) is 10.9 Å². The van der Waals surface area contributed by atoms with Crippen molar-refractivity contribution in [2.75, 3.05) is 26.4 Å².